The second-order valence-corrected chi connectivity index (χ2v) is 3.52. The molecule has 1 amide bonds. The lowest BCUT2D eigenvalue weighted by Crippen LogP contribution is -2.17. The molecule has 0 fully saturated rings. The molecule has 0 unspecified atom stereocenters. The second-order valence-electron chi connectivity index (χ2n) is 3.13. The van der Waals surface area contributed by atoms with Crippen LogP contribution in [0.4, 0.5) is 5.69 Å². The Morgan fingerprint density at radius 3 is 2.82 bits per heavy atom. The molecule has 2 heterocycles. The maximum Gasteiger partial charge on any atom is 0.276 e. The van der Waals surface area contributed by atoms with Gasteiger partial charge in [-0.05, 0) is 18.2 Å². The van der Waals surface area contributed by atoms with Crippen LogP contribution in [-0.2, 0) is 0 Å². The van der Waals surface area contributed by atoms with E-state index in [9.17, 15) is 9.59 Å². The largest absolute Gasteiger partial charge is 0.320 e. The van der Waals surface area contributed by atoms with Crippen LogP contribution in [0.5, 0.6) is 0 Å². The van der Waals surface area contributed by atoms with Gasteiger partial charge in [-0.1, -0.05) is 11.6 Å². The molecule has 0 bridgehead atoms. The van der Waals surface area contributed by atoms with Crippen molar-refractivity contribution >= 4 is 23.2 Å². The molecule has 6 nitrogen and oxygen atoms in total. The van der Waals surface area contributed by atoms with Crippen molar-refractivity contribution in [3.63, 3.8) is 0 Å². The SMILES string of the molecule is O=C(Nc1ccnc(Cl)c1)c1ccc(=O)[nH]n1. The van der Waals surface area contributed by atoms with E-state index in [-0.39, 0.29) is 16.4 Å². The van der Waals surface area contributed by atoms with Crippen LogP contribution in [0.3, 0.4) is 0 Å². The fourth-order valence-corrected chi connectivity index (χ4v) is 1.32. The lowest BCUT2D eigenvalue weighted by molar-refractivity contribution is 0.102. The number of rotatable bonds is 2. The van der Waals surface area contributed by atoms with Crippen LogP contribution in [0.15, 0.2) is 35.3 Å². The number of hydrogen-bond donors (Lipinski definition) is 2. The van der Waals surface area contributed by atoms with E-state index in [4.69, 9.17) is 11.6 Å². The Morgan fingerprint density at radius 2 is 2.18 bits per heavy atom. The predicted octanol–water partition coefficient (Wildman–Crippen LogP) is 1.07. The van der Waals surface area contributed by atoms with E-state index >= 15 is 0 Å². The first-order chi connectivity index (χ1) is 8.15. The summed E-state index contributed by atoms with van der Waals surface area (Å²) in [5.41, 5.74) is 0.244. The van der Waals surface area contributed by atoms with Crippen LogP contribution >= 0.6 is 11.6 Å². The van der Waals surface area contributed by atoms with Gasteiger partial charge in [0, 0.05) is 18.0 Å². The molecular weight excluding hydrogens is 244 g/mol. The monoisotopic (exact) mass is 250 g/mol. The van der Waals surface area contributed by atoms with Crippen molar-refractivity contribution in [2.45, 2.75) is 0 Å². The molecule has 0 aliphatic carbocycles. The van der Waals surface area contributed by atoms with Gasteiger partial charge in [-0.3, -0.25) is 9.59 Å². The third-order valence-electron chi connectivity index (χ3n) is 1.90. The Hall–Kier alpha value is -2.21. The summed E-state index contributed by atoms with van der Waals surface area (Å²) in [6.07, 6.45) is 1.47. The van der Waals surface area contributed by atoms with Crippen molar-refractivity contribution in [3.05, 3.63) is 51.7 Å². The fourth-order valence-electron chi connectivity index (χ4n) is 1.15. The number of aromatic nitrogens is 3. The third-order valence-corrected chi connectivity index (χ3v) is 2.10. The highest BCUT2D eigenvalue weighted by Crippen LogP contribution is 2.12. The van der Waals surface area contributed by atoms with Gasteiger partial charge in [0.15, 0.2) is 0 Å². The summed E-state index contributed by atoms with van der Waals surface area (Å²) < 4.78 is 0. The molecule has 86 valence electrons. The third kappa shape index (κ3) is 2.88. The van der Waals surface area contributed by atoms with E-state index in [0.29, 0.717) is 5.69 Å². The highest BCUT2D eigenvalue weighted by Gasteiger charge is 2.07. The first kappa shape index (κ1) is 11.3. The fraction of sp³-hybridized carbons (Fsp3) is 0. The van der Waals surface area contributed by atoms with Crippen molar-refractivity contribution in [1.82, 2.24) is 15.2 Å². The summed E-state index contributed by atoms with van der Waals surface area (Å²) in [7, 11) is 0. The summed E-state index contributed by atoms with van der Waals surface area (Å²) in [6, 6.07) is 5.65. The van der Waals surface area contributed by atoms with E-state index in [1.165, 1.54) is 24.4 Å². The van der Waals surface area contributed by atoms with E-state index in [2.05, 4.69) is 20.5 Å². The molecule has 0 atom stereocenters. The lowest BCUT2D eigenvalue weighted by Gasteiger charge is -2.03. The second kappa shape index (κ2) is 4.75. The number of carbonyl (C=O) groups excluding carboxylic acids is 1. The molecule has 2 rings (SSSR count). The maximum atomic E-state index is 11.7. The van der Waals surface area contributed by atoms with Gasteiger partial charge < -0.3 is 5.32 Å². The van der Waals surface area contributed by atoms with Crippen LogP contribution < -0.4 is 10.9 Å². The van der Waals surface area contributed by atoms with E-state index in [1.54, 1.807) is 6.07 Å². The van der Waals surface area contributed by atoms with Gasteiger partial charge in [-0.25, -0.2) is 10.1 Å². The van der Waals surface area contributed by atoms with Crippen LogP contribution in [0.1, 0.15) is 10.5 Å². The molecule has 0 saturated heterocycles. The van der Waals surface area contributed by atoms with Crippen LogP contribution in [0.2, 0.25) is 5.15 Å². The van der Waals surface area contributed by atoms with E-state index in [1.807, 2.05) is 0 Å². The molecule has 0 aromatic carbocycles. The summed E-state index contributed by atoms with van der Waals surface area (Å²) in [5, 5.41) is 8.62. The standard InChI is InChI=1S/C10H7ClN4O2/c11-8-5-6(3-4-12-8)13-10(17)7-1-2-9(16)15-14-7/h1-5H,(H,15,16)(H,12,13,17). The molecule has 7 heteroatoms. The Bertz CT molecular complexity index is 591. The number of hydrogen-bond acceptors (Lipinski definition) is 4. The Kier molecular flexibility index (Phi) is 3.15. The maximum absolute atomic E-state index is 11.7. The number of amides is 1. The van der Waals surface area contributed by atoms with Crippen molar-refractivity contribution in [1.29, 1.82) is 0 Å². The number of H-pyrrole nitrogens is 1. The molecule has 17 heavy (non-hydrogen) atoms. The molecule has 2 aromatic heterocycles. The molecule has 0 spiro atoms. The van der Waals surface area contributed by atoms with Gasteiger partial charge in [-0.2, -0.15) is 5.10 Å². The zero-order valence-corrected chi connectivity index (χ0v) is 9.23. The molecule has 2 aromatic rings. The van der Waals surface area contributed by atoms with Gasteiger partial charge in [0.2, 0.25) is 0 Å². The summed E-state index contributed by atoms with van der Waals surface area (Å²) >= 11 is 5.67. The molecule has 2 N–H and O–H groups in total. The van der Waals surface area contributed by atoms with Gasteiger partial charge in [0.05, 0.1) is 0 Å². The zero-order chi connectivity index (χ0) is 12.3. The van der Waals surface area contributed by atoms with E-state index in [0.717, 1.165) is 0 Å². The summed E-state index contributed by atoms with van der Waals surface area (Å²) in [4.78, 5) is 26.2. The Labute approximate surface area is 101 Å². The molecular formula is C10H7ClN4O2. The minimum atomic E-state index is -0.441. The minimum absolute atomic E-state index is 0.109. The summed E-state index contributed by atoms with van der Waals surface area (Å²) in [5.74, 6) is -0.441. The van der Waals surface area contributed by atoms with Gasteiger partial charge >= 0.3 is 0 Å². The van der Waals surface area contributed by atoms with Crippen molar-refractivity contribution in [2.24, 2.45) is 0 Å². The van der Waals surface area contributed by atoms with Crippen molar-refractivity contribution in [2.75, 3.05) is 5.32 Å². The van der Waals surface area contributed by atoms with Crippen LogP contribution in [0, 0.1) is 0 Å². The summed E-state index contributed by atoms with van der Waals surface area (Å²) in [6.45, 7) is 0. The molecule has 0 saturated carbocycles. The number of anilines is 1. The van der Waals surface area contributed by atoms with Crippen molar-refractivity contribution < 1.29 is 4.79 Å². The van der Waals surface area contributed by atoms with E-state index < -0.39 is 5.91 Å². The van der Waals surface area contributed by atoms with Crippen LogP contribution in [0.25, 0.3) is 0 Å². The number of aromatic amines is 1. The normalized spacial score (nSPS) is 9.94. The zero-order valence-electron chi connectivity index (χ0n) is 8.48. The number of carbonyl (C=O) groups is 1. The molecule has 0 aliphatic rings. The van der Waals surface area contributed by atoms with Gasteiger partial charge in [-0.15, -0.1) is 0 Å². The average Bonchev–Trinajstić information content (AvgIpc) is 2.29. The lowest BCUT2D eigenvalue weighted by atomic mass is 10.3. The van der Waals surface area contributed by atoms with Crippen molar-refractivity contribution in [3.8, 4) is 0 Å². The Balaban J connectivity index is 2.17. The number of nitrogens with zero attached hydrogens (tertiary/aromatic N) is 2. The highest BCUT2D eigenvalue weighted by molar-refractivity contribution is 6.29. The van der Waals surface area contributed by atoms with Gasteiger partial charge in [0.1, 0.15) is 10.8 Å². The first-order valence-corrected chi connectivity index (χ1v) is 5.01. The number of halogens is 1. The smallest absolute Gasteiger partial charge is 0.276 e. The Morgan fingerprint density at radius 1 is 1.35 bits per heavy atom. The van der Waals surface area contributed by atoms with Crippen LogP contribution in [-0.4, -0.2) is 21.1 Å². The highest BCUT2D eigenvalue weighted by atomic mass is 35.5. The molecule has 0 radical (unpaired) electrons. The quantitative estimate of drug-likeness (QED) is 0.781. The molecule has 0 aliphatic heterocycles. The number of nitrogens with one attached hydrogen (secondary N) is 2. The minimum Gasteiger partial charge on any atom is -0.320 e. The topological polar surface area (TPSA) is 87.7 Å². The predicted molar refractivity (Wildman–Crippen MR) is 62.1 cm³/mol. The number of pyridine rings is 1. The average molecular weight is 251 g/mol. The van der Waals surface area contributed by atoms with Gasteiger partial charge in [0.25, 0.3) is 11.5 Å². The first-order valence-electron chi connectivity index (χ1n) is 4.64.